The smallest absolute Gasteiger partial charge is 0.336 e. The number of nitrogens with zero attached hydrogens (tertiary/aromatic N) is 3. The quantitative estimate of drug-likeness (QED) is 0.866. The minimum atomic E-state index is -0.109. The fourth-order valence-corrected chi connectivity index (χ4v) is 3.58. The number of piperazine rings is 1. The minimum Gasteiger partial charge on any atom is -0.497 e. The van der Waals surface area contributed by atoms with Crippen LogP contribution in [0.2, 0.25) is 0 Å². The molecule has 2 aromatic carbocycles. The third kappa shape index (κ3) is 3.78. The highest BCUT2D eigenvalue weighted by molar-refractivity contribution is 5.92. The Labute approximate surface area is 159 Å². The lowest BCUT2D eigenvalue weighted by atomic mass is 10.2. The Hall–Kier alpha value is -2.93. The Morgan fingerprint density at radius 3 is 1.81 bits per heavy atom. The number of carbonyl (C=O) groups is 1. The average molecular weight is 367 g/mol. The Morgan fingerprint density at radius 1 is 0.778 bits per heavy atom. The number of urea groups is 1. The predicted octanol–water partition coefficient (Wildman–Crippen LogP) is 2.06. The lowest BCUT2D eigenvalue weighted by Gasteiger charge is -2.37. The molecule has 0 spiro atoms. The van der Waals surface area contributed by atoms with E-state index in [4.69, 9.17) is 4.74 Å². The topological polar surface area (TPSA) is 60.1 Å². The Kier molecular flexibility index (Phi) is 5.02. The van der Waals surface area contributed by atoms with Gasteiger partial charge in [0.15, 0.2) is 0 Å². The number of methoxy groups -OCH3 is 1. The van der Waals surface area contributed by atoms with Crippen molar-refractivity contribution in [1.29, 1.82) is 0 Å². The molecule has 0 unspecified atom stereocenters. The zero-order valence-corrected chi connectivity index (χ0v) is 15.5. The van der Waals surface area contributed by atoms with Crippen LogP contribution in [0.15, 0.2) is 48.5 Å². The number of anilines is 3. The molecule has 7 heteroatoms. The lowest BCUT2D eigenvalue weighted by molar-refractivity contribution is 0.237. The number of hydrazine groups is 1. The molecule has 7 nitrogen and oxygen atoms in total. The van der Waals surface area contributed by atoms with Gasteiger partial charge in [0.25, 0.3) is 0 Å². The van der Waals surface area contributed by atoms with Crippen LogP contribution >= 0.6 is 0 Å². The van der Waals surface area contributed by atoms with E-state index in [0.717, 1.165) is 44.2 Å². The largest absolute Gasteiger partial charge is 0.497 e. The molecule has 2 fully saturated rings. The van der Waals surface area contributed by atoms with Gasteiger partial charge in [-0.15, -0.1) is 0 Å². The first kappa shape index (κ1) is 17.5. The van der Waals surface area contributed by atoms with Crippen LogP contribution in [0.5, 0.6) is 5.75 Å². The average Bonchev–Trinajstić information content (AvgIpc) is 2.74. The molecular weight excluding hydrogens is 342 g/mol. The molecule has 0 saturated carbocycles. The number of rotatable bonds is 4. The number of hydrogen-bond donors (Lipinski definition) is 2. The van der Waals surface area contributed by atoms with Crippen LogP contribution < -0.4 is 30.3 Å². The third-order valence-electron chi connectivity index (χ3n) is 5.14. The van der Waals surface area contributed by atoms with Gasteiger partial charge >= 0.3 is 6.03 Å². The van der Waals surface area contributed by atoms with Crippen LogP contribution in [-0.4, -0.2) is 52.4 Å². The summed E-state index contributed by atoms with van der Waals surface area (Å²) in [5.41, 5.74) is 8.86. The van der Waals surface area contributed by atoms with E-state index in [-0.39, 0.29) is 6.03 Å². The lowest BCUT2D eigenvalue weighted by Crippen LogP contribution is -2.55. The number of carbonyl (C=O) groups excluding carboxylic acids is 1. The molecule has 2 aliphatic rings. The van der Waals surface area contributed by atoms with Gasteiger partial charge in [-0.2, -0.15) is 0 Å². The molecule has 142 valence electrons. The first-order valence-electron chi connectivity index (χ1n) is 9.29. The van der Waals surface area contributed by atoms with Gasteiger partial charge in [-0.05, 0) is 48.5 Å². The highest BCUT2D eigenvalue weighted by atomic mass is 16.5. The molecule has 2 N–H and O–H groups in total. The van der Waals surface area contributed by atoms with Crippen molar-refractivity contribution in [3.63, 3.8) is 0 Å². The number of ether oxygens (including phenoxy) is 1. The van der Waals surface area contributed by atoms with Crippen molar-refractivity contribution in [2.75, 3.05) is 61.1 Å². The minimum absolute atomic E-state index is 0.109. The fourth-order valence-electron chi connectivity index (χ4n) is 3.58. The van der Waals surface area contributed by atoms with Gasteiger partial charge in [-0.3, -0.25) is 10.3 Å². The second-order valence-corrected chi connectivity index (χ2v) is 6.70. The first-order chi connectivity index (χ1) is 13.2. The van der Waals surface area contributed by atoms with E-state index in [0.29, 0.717) is 6.54 Å². The number of nitrogens with one attached hydrogen (secondary N) is 2. The van der Waals surface area contributed by atoms with Crippen molar-refractivity contribution in [1.82, 2.24) is 10.9 Å². The van der Waals surface area contributed by atoms with Gasteiger partial charge in [-0.1, -0.05) is 0 Å². The van der Waals surface area contributed by atoms with E-state index >= 15 is 0 Å². The third-order valence-corrected chi connectivity index (χ3v) is 5.14. The molecule has 2 amide bonds. The molecule has 0 radical (unpaired) electrons. The summed E-state index contributed by atoms with van der Waals surface area (Å²) in [5, 5.41) is 0. The van der Waals surface area contributed by atoms with Crippen LogP contribution in [0.3, 0.4) is 0 Å². The number of hydrogen-bond acceptors (Lipinski definition) is 5. The summed E-state index contributed by atoms with van der Waals surface area (Å²) in [6.07, 6.45) is 0. The van der Waals surface area contributed by atoms with Crippen LogP contribution in [0.4, 0.5) is 21.9 Å². The summed E-state index contributed by atoms with van der Waals surface area (Å²) in [6, 6.07) is 16.4. The molecule has 0 atom stereocenters. The highest BCUT2D eigenvalue weighted by Crippen LogP contribution is 2.25. The SMILES string of the molecule is COc1ccc(N2CCN(c3ccc(N4CCNNC4=O)cc3)CC2)cc1. The summed E-state index contributed by atoms with van der Waals surface area (Å²) < 4.78 is 5.23. The monoisotopic (exact) mass is 367 g/mol. The second kappa shape index (κ2) is 7.75. The van der Waals surface area contributed by atoms with Crippen molar-refractivity contribution < 1.29 is 9.53 Å². The Balaban J connectivity index is 1.37. The number of benzene rings is 2. The summed E-state index contributed by atoms with van der Waals surface area (Å²) in [4.78, 5) is 18.5. The van der Waals surface area contributed by atoms with Crippen molar-refractivity contribution in [2.24, 2.45) is 0 Å². The molecule has 2 saturated heterocycles. The van der Waals surface area contributed by atoms with Crippen molar-refractivity contribution in [3.05, 3.63) is 48.5 Å². The fraction of sp³-hybridized carbons (Fsp3) is 0.350. The van der Waals surface area contributed by atoms with Crippen LogP contribution in [-0.2, 0) is 0 Å². The molecule has 0 aromatic heterocycles. The molecule has 4 rings (SSSR count). The van der Waals surface area contributed by atoms with Crippen LogP contribution in [0.1, 0.15) is 0 Å². The van der Waals surface area contributed by atoms with Crippen LogP contribution in [0, 0.1) is 0 Å². The van der Waals surface area contributed by atoms with Crippen molar-refractivity contribution in [3.8, 4) is 5.75 Å². The van der Waals surface area contributed by atoms with E-state index in [9.17, 15) is 4.79 Å². The molecule has 2 heterocycles. The van der Waals surface area contributed by atoms with Crippen LogP contribution in [0.25, 0.3) is 0 Å². The van der Waals surface area contributed by atoms with Gasteiger partial charge in [0.1, 0.15) is 5.75 Å². The predicted molar refractivity (Wildman–Crippen MR) is 108 cm³/mol. The summed E-state index contributed by atoms with van der Waals surface area (Å²) in [7, 11) is 1.69. The van der Waals surface area contributed by atoms with Crippen molar-refractivity contribution in [2.45, 2.75) is 0 Å². The molecule has 0 aliphatic carbocycles. The Morgan fingerprint density at radius 2 is 1.30 bits per heavy atom. The number of amides is 2. The zero-order valence-electron chi connectivity index (χ0n) is 15.5. The highest BCUT2D eigenvalue weighted by Gasteiger charge is 2.20. The van der Waals surface area contributed by atoms with E-state index < -0.39 is 0 Å². The van der Waals surface area contributed by atoms with Gasteiger partial charge in [-0.25, -0.2) is 10.2 Å². The van der Waals surface area contributed by atoms with Gasteiger partial charge in [0, 0.05) is 56.3 Å². The maximum Gasteiger partial charge on any atom is 0.336 e. The second-order valence-electron chi connectivity index (χ2n) is 6.70. The standard InChI is InChI=1S/C20H25N5O2/c1-27-19-8-6-17(7-9-19)24-14-12-23(13-15-24)16-2-4-18(5-3-16)25-11-10-21-22-20(25)26/h2-9,21H,10-15H2,1H3,(H,22,26). The normalized spacial score (nSPS) is 17.7. The summed E-state index contributed by atoms with van der Waals surface area (Å²) in [5.74, 6) is 0.885. The van der Waals surface area contributed by atoms with Gasteiger partial charge in [0.2, 0.25) is 0 Å². The zero-order chi connectivity index (χ0) is 18.6. The van der Waals surface area contributed by atoms with Gasteiger partial charge in [0.05, 0.1) is 7.11 Å². The summed E-state index contributed by atoms with van der Waals surface area (Å²) in [6.45, 7) is 5.31. The maximum atomic E-state index is 11.9. The molecular formula is C20H25N5O2. The molecule has 2 aromatic rings. The summed E-state index contributed by atoms with van der Waals surface area (Å²) >= 11 is 0. The molecule has 2 aliphatic heterocycles. The first-order valence-corrected chi connectivity index (χ1v) is 9.29. The Bertz CT molecular complexity index is 770. The van der Waals surface area contributed by atoms with E-state index in [1.54, 1.807) is 12.0 Å². The van der Waals surface area contributed by atoms with E-state index in [1.165, 1.54) is 11.4 Å². The van der Waals surface area contributed by atoms with E-state index in [2.05, 4.69) is 44.9 Å². The molecule has 0 bridgehead atoms. The van der Waals surface area contributed by atoms with E-state index in [1.807, 2.05) is 24.3 Å². The van der Waals surface area contributed by atoms with Gasteiger partial charge < -0.3 is 14.5 Å². The van der Waals surface area contributed by atoms with Crippen molar-refractivity contribution >= 4 is 23.1 Å². The maximum absolute atomic E-state index is 11.9. The molecule has 27 heavy (non-hydrogen) atoms.